The molecule has 0 spiro atoms. The van der Waals surface area contributed by atoms with Gasteiger partial charge in [0.05, 0.1) is 10.5 Å². The zero-order valence-electron chi connectivity index (χ0n) is 14.8. The Morgan fingerprint density at radius 1 is 1.10 bits per heavy atom. The van der Waals surface area contributed by atoms with Crippen molar-refractivity contribution < 1.29 is 26.4 Å². The van der Waals surface area contributed by atoms with Crippen LogP contribution in [-0.4, -0.2) is 26.4 Å². The maximum Gasteiger partial charge on any atom is 0.416 e. The van der Waals surface area contributed by atoms with Crippen molar-refractivity contribution in [3.05, 3.63) is 70.0 Å². The van der Waals surface area contributed by atoms with Gasteiger partial charge in [-0.2, -0.15) is 13.2 Å². The number of halogens is 3. The van der Waals surface area contributed by atoms with E-state index in [1.54, 1.807) is 0 Å². The molecule has 11 heteroatoms. The first-order chi connectivity index (χ1) is 13.5. The fraction of sp³-hybridized carbons (Fsp3) is 0.111. The molecule has 3 rings (SSSR count). The topological polar surface area (TPSA) is 108 Å². The minimum absolute atomic E-state index is 0.0574. The maximum atomic E-state index is 12.8. The average Bonchev–Trinajstić information content (AvgIpc) is 2.66. The molecule has 0 saturated heterocycles. The maximum absolute atomic E-state index is 12.8. The number of alkyl halides is 3. The van der Waals surface area contributed by atoms with Gasteiger partial charge < -0.3 is 10.3 Å². The van der Waals surface area contributed by atoms with Crippen LogP contribution < -0.4 is 15.5 Å². The van der Waals surface area contributed by atoms with Crippen LogP contribution in [0.1, 0.15) is 15.9 Å². The summed E-state index contributed by atoms with van der Waals surface area (Å²) in [5.74, 6) is -0.650. The van der Waals surface area contributed by atoms with Crippen molar-refractivity contribution in [2.75, 3.05) is 11.8 Å². The predicted molar refractivity (Wildman–Crippen MR) is 100 cm³/mol. The molecule has 0 saturated carbocycles. The van der Waals surface area contributed by atoms with Crippen molar-refractivity contribution in [1.82, 2.24) is 10.3 Å². The average molecular weight is 425 g/mol. The van der Waals surface area contributed by atoms with Gasteiger partial charge in [0.2, 0.25) is 5.43 Å². The number of aromatic amines is 1. The standard InChI is InChI=1S/C18H14F3N3O4S/c1-22-17(26)14-9-23-15-6-5-12(8-13(15)16(14)25)29(27,28)24-11-4-2-3-10(7-11)18(19,20)21/h2-9,24H,1H3,(H,22,26)(H,23,25). The number of hydrogen-bond donors (Lipinski definition) is 3. The molecule has 2 aromatic carbocycles. The summed E-state index contributed by atoms with van der Waals surface area (Å²) < 4.78 is 65.8. The van der Waals surface area contributed by atoms with Crippen LogP contribution in [0.15, 0.2) is 58.4 Å². The number of sulfonamides is 1. The number of carbonyl (C=O) groups excluding carboxylic acids is 1. The van der Waals surface area contributed by atoms with Crippen LogP contribution in [0.25, 0.3) is 10.9 Å². The van der Waals surface area contributed by atoms with Gasteiger partial charge in [0, 0.05) is 29.8 Å². The molecule has 1 aromatic heterocycles. The number of benzene rings is 2. The summed E-state index contributed by atoms with van der Waals surface area (Å²) >= 11 is 0. The Bertz CT molecular complexity index is 1270. The Hall–Kier alpha value is -3.34. The Balaban J connectivity index is 2.04. The molecule has 1 heterocycles. The number of rotatable bonds is 4. The number of fused-ring (bicyclic) bond motifs is 1. The van der Waals surface area contributed by atoms with Crippen molar-refractivity contribution in [3.63, 3.8) is 0 Å². The quantitative estimate of drug-likeness (QED) is 0.597. The third kappa shape index (κ3) is 4.09. The highest BCUT2D eigenvalue weighted by atomic mass is 32.2. The Morgan fingerprint density at radius 3 is 2.48 bits per heavy atom. The van der Waals surface area contributed by atoms with Crippen LogP contribution in [0.2, 0.25) is 0 Å². The van der Waals surface area contributed by atoms with Crippen LogP contribution >= 0.6 is 0 Å². The van der Waals surface area contributed by atoms with Gasteiger partial charge in [0.15, 0.2) is 0 Å². The van der Waals surface area contributed by atoms with E-state index in [2.05, 4.69) is 15.0 Å². The van der Waals surface area contributed by atoms with E-state index in [4.69, 9.17) is 0 Å². The minimum Gasteiger partial charge on any atom is -0.360 e. The number of anilines is 1. The van der Waals surface area contributed by atoms with E-state index >= 15 is 0 Å². The first-order valence-electron chi connectivity index (χ1n) is 8.10. The third-order valence-electron chi connectivity index (χ3n) is 4.08. The first kappa shape index (κ1) is 20.4. The van der Waals surface area contributed by atoms with Crippen LogP contribution in [0.5, 0.6) is 0 Å². The zero-order chi connectivity index (χ0) is 21.4. The van der Waals surface area contributed by atoms with Gasteiger partial charge in [-0.05, 0) is 36.4 Å². The highest BCUT2D eigenvalue weighted by Gasteiger charge is 2.30. The lowest BCUT2D eigenvalue weighted by atomic mass is 10.1. The number of hydrogen-bond acceptors (Lipinski definition) is 4. The molecule has 0 aliphatic rings. The predicted octanol–water partition coefficient (Wildman–Crippen LogP) is 2.71. The molecule has 3 N–H and O–H groups in total. The normalized spacial score (nSPS) is 12.0. The van der Waals surface area contributed by atoms with Gasteiger partial charge >= 0.3 is 6.18 Å². The highest BCUT2D eigenvalue weighted by molar-refractivity contribution is 7.92. The van der Waals surface area contributed by atoms with Gasteiger partial charge in [0.1, 0.15) is 5.56 Å². The summed E-state index contributed by atoms with van der Waals surface area (Å²) in [6, 6.07) is 7.28. The Morgan fingerprint density at radius 2 is 1.83 bits per heavy atom. The van der Waals surface area contributed by atoms with Gasteiger partial charge in [-0.25, -0.2) is 8.42 Å². The molecule has 0 radical (unpaired) electrons. The van der Waals surface area contributed by atoms with Gasteiger partial charge in [-0.1, -0.05) is 6.07 Å². The number of carbonyl (C=O) groups is 1. The smallest absolute Gasteiger partial charge is 0.360 e. The van der Waals surface area contributed by atoms with Crippen LogP contribution in [-0.2, 0) is 16.2 Å². The monoisotopic (exact) mass is 425 g/mol. The first-order valence-corrected chi connectivity index (χ1v) is 9.59. The number of aromatic nitrogens is 1. The van der Waals surface area contributed by atoms with Gasteiger partial charge in [-0.3, -0.25) is 14.3 Å². The molecule has 0 atom stereocenters. The molecule has 0 aliphatic carbocycles. The molecule has 0 fully saturated rings. The van der Waals surface area contributed by atoms with Gasteiger partial charge in [-0.15, -0.1) is 0 Å². The van der Waals surface area contributed by atoms with Crippen LogP contribution in [0, 0.1) is 0 Å². The van der Waals surface area contributed by atoms with Crippen molar-refractivity contribution >= 4 is 32.5 Å². The molecule has 7 nitrogen and oxygen atoms in total. The molecule has 0 bridgehead atoms. The second kappa shape index (κ2) is 7.24. The second-order valence-electron chi connectivity index (χ2n) is 6.00. The summed E-state index contributed by atoms with van der Waals surface area (Å²) in [6.07, 6.45) is -3.42. The minimum atomic E-state index is -4.63. The van der Waals surface area contributed by atoms with E-state index in [0.717, 1.165) is 18.2 Å². The van der Waals surface area contributed by atoms with Crippen LogP contribution in [0.3, 0.4) is 0 Å². The molecule has 29 heavy (non-hydrogen) atoms. The third-order valence-corrected chi connectivity index (χ3v) is 5.46. The van der Waals surface area contributed by atoms with Gasteiger partial charge in [0.25, 0.3) is 15.9 Å². The number of amides is 1. The zero-order valence-corrected chi connectivity index (χ0v) is 15.6. The fourth-order valence-corrected chi connectivity index (χ4v) is 3.72. The van der Waals surface area contributed by atoms with Crippen molar-refractivity contribution in [2.24, 2.45) is 0 Å². The summed E-state index contributed by atoms with van der Waals surface area (Å²) in [6.45, 7) is 0. The summed E-state index contributed by atoms with van der Waals surface area (Å²) in [4.78, 5) is 26.6. The Kier molecular flexibility index (Phi) is 5.09. The molecule has 0 aliphatic heterocycles. The van der Waals surface area contributed by atoms with E-state index in [-0.39, 0.29) is 21.5 Å². The SMILES string of the molecule is CNC(=O)c1c[nH]c2ccc(S(=O)(=O)Nc3cccc(C(F)(F)F)c3)cc2c1=O. The fourth-order valence-electron chi connectivity index (χ4n) is 2.64. The van der Waals surface area contributed by atoms with E-state index in [1.807, 2.05) is 0 Å². The largest absolute Gasteiger partial charge is 0.416 e. The summed E-state index contributed by atoms with van der Waals surface area (Å²) in [7, 11) is -2.95. The Labute approximate surface area is 162 Å². The molecule has 0 unspecified atom stereocenters. The van der Waals surface area contributed by atoms with E-state index in [9.17, 15) is 31.2 Å². The number of H-pyrrole nitrogens is 1. The molecular weight excluding hydrogens is 411 g/mol. The van der Waals surface area contributed by atoms with E-state index < -0.39 is 33.1 Å². The lowest BCUT2D eigenvalue weighted by Gasteiger charge is -2.12. The van der Waals surface area contributed by atoms with Crippen molar-refractivity contribution in [2.45, 2.75) is 11.1 Å². The highest BCUT2D eigenvalue weighted by Crippen LogP contribution is 2.31. The lowest BCUT2D eigenvalue weighted by Crippen LogP contribution is -2.25. The summed E-state index contributed by atoms with van der Waals surface area (Å²) in [5.41, 5.74) is -1.90. The molecule has 3 aromatic rings. The van der Waals surface area contributed by atoms with Crippen LogP contribution in [0.4, 0.5) is 18.9 Å². The van der Waals surface area contributed by atoms with Crippen molar-refractivity contribution in [3.8, 4) is 0 Å². The number of pyridine rings is 1. The molecular formula is C18H14F3N3O4S. The van der Waals surface area contributed by atoms with Crippen molar-refractivity contribution in [1.29, 1.82) is 0 Å². The molecule has 1 amide bonds. The van der Waals surface area contributed by atoms with E-state index in [1.165, 1.54) is 31.4 Å². The van der Waals surface area contributed by atoms with E-state index in [0.29, 0.717) is 11.6 Å². The lowest BCUT2D eigenvalue weighted by molar-refractivity contribution is -0.137. The summed E-state index contributed by atoms with van der Waals surface area (Å²) in [5, 5.41) is 2.24. The molecule has 152 valence electrons. The number of nitrogens with one attached hydrogen (secondary N) is 3. The second-order valence-corrected chi connectivity index (χ2v) is 7.68.